The highest BCUT2D eigenvalue weighted by Crippen LogP contribution is 2.38. The monoisotopic (exact) mass is 429 g/mol. The van der Waals surface area contributed by atoms with Crippen molar-refractivity contribution in [3.8, 4) is 17.0 Å². The molecule has 8 heteroatoms. The summed E-state index contributed by atoms with van der Waals surface area (Å²) in [6, 6.07) is 6.38. The molecule has 0 aliphatic heterocycles. The number of carboxylic acids is 1. The Kier molecular flexibility index (Phi) is 5.78. The van der Waals surface area contributed by atoms with Crippen molar-refractivity contribution in [3.63, 3.8) is 0 Å². The smallest absolute Gasteiger partial charge is 0.345 e. The van der Waals surface area contributed by atoms with Crippen molar-refractivity contribution >= 4 is 35.4 Å². The Hall–Kier alpha value is -3.03. The summed E-state index contributed by atoms with van der Waals surface area (Å²) >= 11 is 0. The van der Waals surface area contributed by atoms with Crippen LogP contribution < -0.4 is 10.9 Å². The molecule has 0 saturated heterocycles. The molecule has 3 aromatic rings. The van der Waals surface area contributed by atoms with Gasteiger partial charge in [-0.2, -0.15) is 0 Å². The molecule has 0 amide bonds. The van der Waals surface area contributed by atoms with Crippen LogP contribution >= 0.6 is 12.4 Å². The standard InChI is InChI=1S/C22H23N3O4.ClH/c1-11(2)23-10-12-9-16-13-5-4-6-15-19(14(13)7-8-17(16)25(12)3)24-21(27)18(20(15)26)22(28)29;/h4-5,7-9,11,23H,6,10H2,1-3H3,(H,28,29)(H2,24,26,27);1H. The largest absolute Gasteiger partial charge is 0.506 e. The third-order valence-electron chi connectivity index (χ3n) is 5.44. The lowest BCUT2D eigenvalue weighted by atomic mass is 9.97. The van der Waals surface area contributed by atoms with Crippen molar-refractivity contribution in [2.75, 3.05) is 0 Å². The maximum Gasteiger partial charge on any atom is 0.345 e. The van der Waals surface area contributed by atoms with Crippen LogP contribution in [-0.4, -0.2) is 31.8 Å². The fourth-order valence-electron chi connectivity index (χ4n) is 3.91. The van der Waals surface area contributed by atoms with Crippen molar-refractivity contribution < 1.29 is 15.0 Å². The SMILES string of the molecule is CC(C)NCc1cc2c3c(ccc2n1C)-c1[nH]c(=O)c(C(=O)O)c(O)c1CC=C3.Cl. The van der Waals surface area contributed by atoms with Gasteiger partial charge in [0.2, 0.25) is 0 Å². The Balaban J connectivity index is 0.00000256. The van der Waals surface area contributed by atoms with Gasteiger partial charge in [0.1, 0.15) is 5.75 Å². The van der Waals surface area contributed by atoms with Gasteiger partial charge in [0.25, 0.3) is 5.56 Å². The number of nitrogens with zero attached hydrogens (tertiary/aromatic N) is 1. The molecule has 0 atom stereocenters. The molecule has 2 heterocycles. The lowest BCUT2D eigenvalue weighted by Crippen LogP contribution is -2.22. The molecule has 7 nitrogen and oxygen atoms in total. The van der Waals surface area contributed by atoms with Gasteiger partial charge in [-0.3, -0.25) is 4.79 Å². The van der Waals surface area contributed by atoms with E-state index in [2.05, 4.69) is 34.8 Å². The van der Waals surface area contributed by atoms with Gasteiger partial charge in [-0.05, 0) is 24.1 Å². The number of pyridine rings is 1. The van der Waals surface area contributed by atoms with Crippen molar-refractivity contribution in [1.82, 2.24) is 14.9 Å². The molecule has 4 rings (SSSR count). The van der Waals surface area contributed by atoms with Crippen LogP contribution in [0.3, 0.4) is 0 Å². The third kappa shape index (κ3) is 3.40. The number of hydrogen-bond acceptors (Lipinski definition) is 4. The van der Waals surface area contributed by atoms with E-state index < -0.39 is 22.8 Å². The lowest BCUT2D eigenvalue weighted by molar-refractivity contribution is 0.0691. The molecule has 0 bridgehead atoms. The summed E-state index contributed by atoms with van der Waals surface area (Å²) < 4.78 is 2.14. The lowest BCUT2D eigenvalue weighted by Gasteiger charge is -2.13. The first-order chi connectivity index (χ1) is 13.8. The van der Waals surface area contributed by atoms with Crippen LogP contribution in [0.15, 0.2) is 29.1 Å². The Morgan fingerprint density at radius 2 is 2.07 bits per heavy atom. The number of halogens is 1. The van der Waals surface area contributed by atoms with Crippen LogP contribution in [0.4, 0.5) is 0 Å². The van der Waals surface area contributed by atoms with Gasteiger partial charge in [0, 0.05) is 47.4 Å². The highest BCUT2D eigenvalue weighted by atomic mass is 35.5. The van der Waals surface area contributed by atoms with E-state index in [0.29, 0.717) is 23.7 Å². The first-order valence-electron chi connectivity index (χ1n) is 9.52. The maximum atomic E-state index is 12.3. The number of aromatic amines is 1. The highest BCUT2D eigenvalue weighted by Gasteiger charge is 2.25. The molecule has 30 heavy (non-hydrogen) atoms. The Morgan fingerprint density at radius 3 is 2.73 bits per heavy atom. The van der Waals surface area contributed by atoms with Crippen LogP contribution in [0.25, 0.3) is 28.2 Å². The summed E-state index contributed by atoms with van der Waals surface area (Å²) in [4.78, 5) is 26.4. The zero-order valence-electron chi connectivity index (χ0n) is 16.9. The molecule has 0 fully saturated rings. The number of allylic oxidation sites excluding steroid dienone is 1. The number of aromatic hydroxyl groups is 1. The van der Waals surface area contributed by atoms with Gasteiger partial charge in [-0.25, -0.2) is 4.79 Å². The minimum atomic E-state index is -1.44. The molecule has 158 valence electrons. The molecule has 1 aliphatic rings. The predicted molar refractivity (Wildman–Crippen MR) is 120 cm³/mol. The molecule has 0 saturated carbocycles. The number of hydrogen-bond donors (Lipinski definition) is 4. The van der Waals surface area contributed by atoms with E-state index in [4.69, 9.17) is 0 Å². The zero-order valence-corrected chi connectivity index (χ0v) is 17.8. The quantitative estimate of drug-likeness (QED) is 0.508. The van der Waals surface area contributed by atoms with Crippen LogP contribution in [-0.2, 0) is 20.0 Å². The second-order valence-electron chi connectivity index (χ2n) is 7.63. The van der Waals surface area contributed by atoms with Gasteiger partial charge in [0.15, 0.2) is 5.56 Å². The van der Waals surface area contributed by atoms with Crippen LogP contribution in [0.5, 0.6) is 5.75 Å². The topological polar surface area (TPSA) is 107 Å². The molecule has 0 radical (unpaired) electrons. The summed E-state index contributed by atoms with van der Waals surface area (Å²) in [6.45, 7) is 4.93. The summed E-state index contributed by atoms with van der Waals surface area (Å²) in [5, 5.41) is 24.2. The van der Waals surface area contributed by atoms with Gasteiger partial charge in [0.05, 0.1) is 5.69 Å². The number of nitrogens with one attached hydrogen (secondary N) is 2. The van der Waals surface area contributed by atoms with Crippen LogP contribution in [0.1, 0.15) is 41.0 Å². The molecule has 0 spiro atoms. The van der Waals surface area contributed by atoms with E-state index in [0.717, 1.165) is 34.3 Å². The molecule has 4 N–H and O–H groups in total. The third-order valence-corrected chi connectivity index (χ3v) is 5.44. The van der Waals surface area contributed by atoms with E-state index in [-0.39, 0.29) is 12.4 Å². The first-order valence-corrected chi connectivity index (χ1v) is 9.52. The molecule has 0 unspecified atom stereocenters. The van der Waals surface area contributed by atoms with Gasteiger partial charge in [-0.15, -0.1) is 12.4 Å². The number of aromatic carboxylic acids is 1. The summed E-state index contributed by atoms with van der Waals surface area (Å²) in [5.74, 6) is -1.91. The summed E-state index contributed by atoms with van der Waals surface area (Å²) in [6.07, 6.45) is 4.17. The average Bonchev–Trinajstić information content (AvgIpc) is 2.85. The number of fused-ring (bicyclic) bond motifs is 5. The maximum absolute atomic E-state index is 12.3. The number of aryl methyl sites for hydroxylation is 1. The number of benzene rings is 1. The van der Waals surface area contributed by atoms with E-state index in [9.17, 15) is 19.8 Å². The molecule has 2 aromatic heterocycles. The van der Waals surface area contributed by atoms with Crippen molar-refractivity contribution in [2.45, 2.75) is 32.9 Å². The summed E-state index contributed by atoms with van der Waals surface area (Å²) in [7, 11) is 2.02. The molecule has 1 aliphatic carbocycles. The fourth-order valence-corrected chi connectivity index (χ4v) is 3.91. The average molecular weight is 430 g/mol. The molecular formula is C22H24ClN3O4. The molecule has 1 aromatic carbocycles. The first kappa shape index (κ1) is 21.7. The Morgan fingerprint density at radius 1 is 1.33 bits per heavy atom. The van der Waals surface area contributed by atoms with Crippen LogP contribution in [0, 0.1) is 0 Å². The van der Waals surface area contributed by atoms with E-state index in [1.807, 2.05) is 31.3 Å². The number of H-pyrrole nitrogens is 1. The highest BCUT2D eigenvalue weighted by molar-refractivity contribution is 5.99. The van der Waals surface area contributed by atoms with Gasteiger partial charge < -0.3 is 25.1 Å². The summed E-state index contributed by atoms with van der Waals surface area (Å²) in [5.41, 5.74) is 3.34. The second kappa shape index (κ2) is 8.01. The number of carbonyl (C=O) groups is 1. The van der Waals surface area contributed by atoms with E-state index in [1.54, 1.807) is 0 Å². The minimum Gasteiger partial charge on any atom is -0.506 e. The Labute approximate surface area is 179 Å². The van der Waals surface area contributed by atoms with Crippen LogP contribution in [0.2, 0.25) is 0 Å². The molecular weight excluding hydrogens is 406 g/mol. The Bertz CT molecular complexity index is 1240. The predicted octanol–water partition coefficient (Wildman–Crippen LogP) is 3.43. The zero-order chi connectivity index (χ0) is 20.9. The van der Waals surface area contributed by atoms with Gasteiger partial charge in [-0.1, -0.05) is 32.1 Å². The van der Waals surface area contributed by atoms with E-state index in [1.165, 1.54) is 0 Å². The number of aromatic nitrogens is 2. The van der Waals surface area contributed by atoms with Crippen molar-refractivity contribution in [1.29, 1.82) is 0 Å². The normalized spacial score (nSPS) is 12.4. The number of carboxylic acid groups (broad SMARTS) is 1. The fraction of sp³-hybridized carbons (Fsp3) is 0.273. The minimum absolute atomic E-state index is 0. The second-order valence-corrected chi connectivity index (χ2v) is 7.63. The van der Waals surface area contributed by atoms with Gasteiger partial charge >= 0.3 is 5.97 Å². The van der Waals surface area contributed by atoms with Crippen molar-refractivity contribution in [3.05, 3.63) is 57.0 Å². The van der Waals surface area contributed by atoms with E-state index >= 15 is 0 Å². The number of rotatable bonds is 4. The van der Waals surface area contributed by atoms with Crippen molar-refractivity contribution in [2.24, 2.45) is 7.05 Å².